The van der Waals surface area contributed by atoms with Gasteiger partial charge in [-0.2, -0.15) is 0 Å². The van der Waals surface area contributed by atoms with Crippen molar-refractivity contribution in [3.8, 4) is 11.5 Å². The summed E-state index contributed by atoms with van der Waals surface area (Å²) in [7, 11) is 0. The number of ether oxygens (including phenoxy) is 2. The minimum atomic E-state index is -0.275. The fourth-order valence-electron chi connectivity index (χ4n) is 1.70. The summed E-state index contributed by atoms with van der Waals surface area (Å²) in [6.45, 7) is 4.67. The van der Waals surface area contributed by atoms with Crippen molar-refractivity contribution in [2.75, 3.05) is 13.2 Å². The van der Waals surface area contributed by atoms with Crippen molar-refractivity contribution in [3.05, 3.63) is 23.3 Å². The van der Waals surface area contributed by atoms with Gasteiger partial charge in [0, 0.05) is 0 Å². The lowest BCUT2D eigenvalue weighted by atomic mass is 10.0. The average molecular weight is 285 g/mol. The Bertz CT molecular complexity index is 429. The largest absolute Gasteiger partial charge is 0.486 e. The van der Waals surface area contributed by atoms with Gasteiger partial charge in [0.15, 0.2) is 11.5 Å². The Kier molecular flexibility index (Phi) is 3.19. The van der Waals surface area contributed by atoms with E-state index in [2.05, 4.69) is 15.9 Å². The molecule has 0 aromatic heterocycles. The normalized spacial score (nSPS) is 15.7. The SMILES string of the molecule is CC(=O)C(Br)c1cc2c(cc1C)OCCO2. The van der Waals surface area contributed by atoms with Crippen LogP contribution in [0.1, 0.15) is 22.9 Å². The summed E-state index contributed by atoms with van der Waals surface area (Å²) in [5.74, 6) is 1.56. The molecule has 4 heteroatoms. The second-order valence-electron chi connectivity index (χ2n) is 3.83. The summed E-state index contributed by atoms with van der Waals surface area (Å²) in [5.41, 5.74) is 1.97. The summed E-state index contributed by atoms with van der Waals surface area (Å²) < 4.78 is 11.0. The van der Waals surface area contributed by atoms with E-state index in [0.29, 0.717) is 13.2 Å². The van der Waals surface area contributed by atoms with Gasteiger partial charge in [-0.15, -0.1) is 0 Å². The van der Waals surface area contributed by atoms with Crippen LogP contribution in [0.5, 0.6) is 11.5 Å². The van der Waals surface area contributed by atoms with Crippen LogP contribution < -0.4 is 9.47 Å². The Morgan fingerprint density at radius 1 is 1.31 bits per heavy atom. The van der Waals surface area contributed by atoms with Crippen LogP contribution in [0.2, 0.25) is 0 Å². The van der Waals surface area contributed by atoms with Crippen molar-refractivity contribution in [2.45, 2.75) is 18.7 Å². The van der Waals surface area contributed by atoms with Crippen LogP contribution in [0, 0.1) is 6.92 Å². The van der Waals surface area contributed by atoms with Crippen LogP contribution in [0.4, 0.5) is 0 Å². The molecule has 0 saturated carbocycles. The van der Waals surface area contributed by atoms with Crippen LogP contribution in [0.25, 0.3) is 0 Å². The van der Waals surface area contributed by atoms with Gasteiger partial charge in [-0.1, -0.05) is 15.9 Å². The molecule has 0 spiro atoms. The van der Waals surface area contributed by atoms with Gasteiger partial charge in [0.25, 0.3) is 0 Å². The summed E-state index contributed by atoms with van der Waals surface area (Å²) in [6, 6.07) is 3.80. The maximum absolute atomic E-state index is 11.3. The molecule has 0 amide bonds. The average Bonchev–Trinajstić information content (AvgIpc) is 2.27. The number of fused-ring (bicyclic) bond motifs is 1. The quantitative estimate of drug-likeness (QED) is 0.784. The topological polar surface area (TPSA) is 35.5 Å². The third-order valence-electron chi connectivity index (χ3n) is 2.56. The van der Waals surface area contributed by atoms with E-state index in [-0.39, 0.29) is 10.6 Å². The molecule has 1 atom stereocenters. The van der Waals surface area contributed by atoms with E-state index >= 15 is 0 Å². The van der Waals surface area contributed by atoms with Crippen LogP contribution >= 0.6 is 15.9 Å². The molecule has 0 N–H and O–H groups in total. The Balaban J connectivity index is 2.43. The van der Waals surface area contributed by atoms with E-state index in [1.165, 1.54) is 0 Å². The second-order valence-corrected chi connectivity index (χ2v) is 4.74. The standard InChI is InChI=1S/C12H13BrO3/c1-7-5-10-11(16-4-3-15-10)6-9(7)12(13)8(2)14/h5-6,12H,3-4H2,1-2H3. The van der Waals surface area contributed by atoms with Crippen LogP contribution in [-0.4, -0.2) is 19.0 Å². The molecule has 1 heterocycles. The molecule has 1 aliphatic heterocycles. The molecule has 86 valence electrons. The minimum Gasteiger partial charge on any atom is -0.486 e. The highest BCUT2D eigenvalue weighted by Crippen LogP contribution is 2.37. The molecule has 3 nitrogen and oxygen atoms in total. The summed E-state index contributed by atoms with van der Waals surface area (Å²) in [4.78, 5) is 11.1. The van der Waals surface area contributed by atoms with Crippen LogP contribution in [0.3, 0.4) is 0 Å². The first-order valence-corrected chi connectivity index (χ1v) is 6.06. The maximum Gasteiger partial charge on any atom is 0.161 e. The van der Waals surface area contributed by atoms with E-state index < -0.39 is 0 Å². The first-order valence-electron chi connectivity index (χ1n) is 5.14. The molecule has 0 radical (unpaired) electrons. The summed E-state index contributed by atoms with van der Waals surface area (Å²) >= 11 is 3.38. The number of alkyl halides is 1. The second kappa shape index (κ2) is 4.45. The highest BCUT2D eigenvalue weighted by atomic mass is 79.9. The Labute approximate surface area is 103 Å². The Morgan fingerprint density at radius 2 is 1.88 bits per heavy atom. The van der Waals surface area contributed by atoms with E-state index in [1.54, 1.807) is 6.92 Å². The number of ketones is 1. The summed E-state index contributed by atoms with van der Waals surface area (Å²) in [6.07, 6.45) is 0. The van der Waals surface area contributed by atoms with E-state index in [9.17, 15) is 4.79 Å². The Morgan fingerprint density at radius 3 is 2.44 bits per heavy atom. The monoisotopic (exact) mass is 284 g/mol. The molecule has 1 unspecified atom stereocenters. The molecule has 1 aliphatic rings. The van der Waals surface area contributed by atoms with Gasteiger partial charge in [0.1, 0.15) is 19.0 Å². The molecule has 1 aromatic carbocycles. The first kappa shape index (κ1) is 11.5. The number of carbonyl (C=O) groups excluding carboxylic acids is 1. The van der Waals surface area contributed by atoms with Gasteiger partial charge < -0.3 is 9.47 Å². The molecular weight excluding hydrogens is 272 g/mol. The smallest absolute Gasteiger partial charge is 0.161 e. The van der Waals surface area contributed by atoms with Gasteiger partial charge in [-0.25, -0.2) is 0 Å². The van der Waals surface area contributed by atoms with Gasteiger partial charge in [-0.05, 0) is 37.1 Å². The zero-order valence-electron chi connectivity index (χ0n) is 9.25. The number of halogens is 1. The number of hydrogen-bond acceptors (Lipinski definition) is 3. The number of rotatable bonds is 2. The predicted molar refractivity (Wildman–Crippen MR) is 64.5 cm³/mol. The molecule has 2 rings (SSSR count). The van der Waals surface area contributed by atoms with Crippen molar-refractivity contribution in [1.29, 1.82) is 0 Å². The fraction of sp³-hybridized carbons (Fsp3) is 0.417. The van der Waals surface area contributed by atoms with Crippen molar-refractivity contribution in [2.24, 2.45) is 0 Å². The minimum absolute atomic E-state index is 0.0831. The van der Waals surface area contributed by atoms with Crippen molar-refractivity contribution < 1.29 is 14.3 Å². The lowest BCUT2D eigenvalue weighted by molar-refractivity contribution is -0.116. The number of benzene rings is 1. The van der Waals surface area contributed by atoms with Crippen molar-refractivity contribution in [3.63, 3.8) is 0 Å². The maximum atomic E-state index is 11.3. The molecule has 0 fully saturated rings. The van der Waals surface area contributed by atoms with E-state index in [0.717, 1.165) is 22.6 Å². The van der Waals surface area contributed by atoms with E-state index in [1.807, 2.05) is 19.1 Å². The highest BCUT2D eigenvalue weighted by molar-refractivity contribution is 9.09. The summed E-state index contributed by atoms with van der Waals surface area (Å²) in [5, 5.41) is 0. The third kappa shape index (κ3) is 2.07. The molecule has 0 saturated heterocycles. The number of Topliss-reactive ketones (excluding diaryl/α,β-unsaturated/α-hetero) is 1. The third-order valence-corrected chi connectivity index (χ3v) is 3.70. The number of aryl methyl sites for hydroxylation is 1. The molecule has 0 aliphatic carbocycles. The van der Waals surface area contributed by atoms with Gasteiger partial charge in [0.2, 0.25) is 0 Å². The molecule has 16 heavy (non-hydrogen) atoms. The Hall–Kier alpha value is -1.03. The first-order chi connectivity index (χ1) is 7.59. The zero-order chi connectivity index (χ0) is 11.7. The lowest BCUT2D eigenvalue weighted by Crippen LogP contribution is -2.16. The van der Waals surface area contributed by atoms with Gasteiger partial charge in [-0.3, -0.25) is 4.79 Å². The fourth-order valence-corrected chi connectivity index (χ4v) is 2.19. The number of hydrogen-bond donors (Lipinski definition) is 0. The van der Waals surface area contributed by atoms with Crippen molar-refractivity contribution in [1.82, 2.24) is 0 Å². The van der Waals surface area contributed by atoms with Crippen LogP contribution in [-0.2, 0) is 4.79 Å². The van der Waals surface area contributed by atoms with Gasteiger partial charge in [0.05, 0.1) is 4.83 Å². The van der Waals surface area contributed by atoms with Crippen LogP contribution in [0.15, 0.2) is 12.1 Å². The van der Waals surface area contributed by atoms with Gasteiger partial charge >= 0.3 is 0 Å². The lowest BCUT2D eigenvalue weighted by Gasteiger charge is -2.21. The highest BCUT2D eigenvalue weighted by Gasteiger charge is 2.20. The zero-order valence-corrected chi connectivity index (χ0v) is 10.8. The number of carbonyl (C=O) groups is 1. The molecule has 0 bridgehead atoms. The van der Waals surface area contributed by atoms with E-state index in [4.69, 9.17) is 9.47 Å². The predicted octanol–water partition coefficient (Wildman–Crippen LogP) is 2.79. The van der Waals surface area contributed by atoms with Crippen molar-refractivity contribution >= 4 is 21.7 Å². The molecular formula is C12H13BrO3. The molecule has 1 aromatic rings.